The first kappa shape index (κ1) is 13.2. The predicted octanol–water partition coefficient (Wildman–Crippen LogP) is 2.90. The van der Waals surface area contributed by atoms with E-state index in [9.17, 15) is 4.79 Å². The molecule has 5 nitrogen and oxygen atoms in total. The molecule has 0 aliphatic carbocycles. The third-order valence-corrected chi connectivity index (χ3v) is 3.43. The van der Waals surface area contributed by atoms with Crippen LogP contribution in [0.5, 0.6) is 0 Å². The van der Waals surface area contributed by atoms with Gasteiger partial charge in [0.1, 0.15) is 0 Å². The van der Waals surface area contributed by atoms with Crippen molar-refractivity contribution in [2.45, 2.75) is 13.8 Å². The van der Waals surface area contributed by atoms with E-state index in [2.05, 4.69) is 10.1 Å². The fourth-order valence-corrected chi connectivity index (χ4v) is 2.35. The van der Waals surface area contributed by atoms with Gasteiger partial charge in [-0.25, -0.2) is 0 Å². The lowest BCUT2D eigenvalue weighted by Crippen LogP contribution is -2.05. The number of nitrogens with two attached hydrogens (primary N) is 1. The Kier molecular flexibility index (Phi) is 3.10. The molecule has 0 aliphatic rings. The van der Waals surface area contributed by atoms with Gasteiger partial charge >= 0.3 is 0 Å². The average Bonchev–Trinajstić information content (AvgIpc) is 2.81. The van der Waals surface area contributed by atoms with Gasteiger partial charge in [0.2, 0.25) is 0 Å². The zero-order valence-corrected chi connectivity index (χ0v) is 11.8. The highest BCUT2D eigenvalue weighted by Crippen LogP contribution is 2.36. The lowest BCUT2D eigenvalue weighted by Gasteiger charge is -2.06. The summed E-state index contributed by atoms with van der Waals surface area (Å²) in [5, 5.41) is 3.82. The number of pyridine rings is 1. The van der Waals surface area contributed by atoms with Crippen LogP contribution in [-0.4, -0.2) is 10.1 Å². The van der Waals surface area contributed by atoms with E-state index < -0.39 is 0 Å². The number of benzene rings is 1. The maximum atomic E-state index is 12.2. The van der Waals surface area contributed by atoms with Crippen LogP contribution in [0.2, 0.25) is 0 Å². The molecular formula is C16H15N3O2. The van der Waals surface area contributed by atoms with Crippen molar-refractivity contribution in [1.29, 1.82) is 0 Å². The van der Waals surface area contributed by atoms with Crippen molar-refractivity contribution < 1.29 is 4.52 Å². The molecule has 0 spiro atoms. The first-order valence-corrected chi connectivity index (χ1v) is 6.59. The maximum absolute atomic E-state index is 12.2. The normalized spacial score (nSPS) is 10.8. The fourth-order valence-electron chi connectivity index (χ4n) is 2.35. The second kappa shape index (κ2) is 4.94. The smallest absolute Gasteiger partial charge is 0.192 e. The van der Waals surface area contributed by atoms with Gasteiger partial charge < -0.3 is 15.2 Å². The minimum Gasteiger partial charge on any atom is -0.380 e. The van der Waals surface area contributed by atoms with E-state index >= 15 is 0 Å². The van der Waals surface area contributed by atoms with Crippen molar-refractivity contribution in [2.75, 3.05) is 5.73 Å². The van der Waals surface area contributed by atoms with Crippen molar-refractivity contribution in [3.63, 3.8) is 0 Å². The number of aromatic amines is 1. The summed E-state index contributed by atoms with van der Waals surface area (Å²) in [5.74, 6) is 0.669. The molecule has 0 amide bonds. The second-order valence-corrected chi connectivity index (χ2v) is 4.98. The summed E-state index contributed by atoms with van der Waals surface area (Å²) in [4.78, 5) is 15.2. The van der Waals surface area contributed by atoms with Crippen LogP contribution in [0.25, 0.3) is 22.5 Å². The number of nitrogens with zero attached hydrogens (tertiary/aromatic N) is 1. The Bertz CT molecular complexity index is 862. The molecule has 3 aromatic rings. The number of nitrogens with one attached hydrogen (secondary N) is 1. The van der Waals surface area contributed by atoms with Gasteiger partial charge in [0, 0.05) is 18.0 Å². The van der Waals surface area contributed by atoms with E-state index in [0.717, 1.165) is 16.8 Å². The zero-order valence-electron chi connectivity index (χ0n) is 11.8. The van der Waals surface area contributed by atoms with E-state index in [1.807, 2.05) is 38.1 Å². The molecule has 0 unspecified atom stereocenters. The van der Waals surface area contributed by atoms with Crippen molar-refractivity contribution in [2.24, 2.45) is 0 Å². The monoisotopic (exact) mass is 281 g/mol. The molecule has 2 heterocycles. The third-order valence-electron chi connectivity index (χ3n) is 3.43. The molecule has 3 rings (SSSR count). The van der Waals surface area contributed by atoms with Gasteiger partial charge in [0.25, 0.3) is 0 Å². The maximum Gasteiger partial charge on any atom is 0.192 e. The Labute approximate surface area is 121 Å². The molecule has 0 atom stereocenters. The van der Waals surface area contributed by atoms with E-state index in [1.165, 1.54) is 6.07 Å². The highest BCUT2D eigenvalue weighted by molar-refractivity contribution is 5.87. The number of anilines is 1. The van der Waals surface area contributed by atoms with Crippen LogP contribution in [0.4, 0.5) is 5.82 Å². The Balaban J connectivity index is 2.27. The molecule has 106 valence electrons. The Hall–Kier alpha value is -2.82. The Morgan fingerprint density at radius 3 is 2.67 bits per heavy atom. The van der Waals surface area contributed by atoms with Crippen molar-refractivity contribution in [3.8, 4) is 22.5 Å². The van der Waals surface area contributed by atoms with Gasteiger partial charge in [-0.3, -0.25) is 4.79 Å². The third kappa shape index (κ3) is 2.23. The van der Waals surface area contributed by atoms with E-state index in [0.29, 0.717) is 16.9 Å². The minimum atomic E-state index is -0.128. The highest BCUT2D eigenvalue weighted by Gasteiger charge is 2.20. The first-order chi connectivity index (χ1) is 10.1. The summed E-state index contributed by atoms with van der Waals surface area (Å²) in [7, 11) is 0. The largest absolute Gasteiger partial charge is 0.380 e. The molecular weight excluding hydrogens is 266 g/mol. The van der Waals surface area contributed by atoms with E-state index in [4.69, 9.17) is 10.3 Å². The first-order valence-electron chi connectivity index (χ1n) is 6.59. The standard InChI is InChI=1S/C16H15N3O2/c1-9-5-3-4-6-11(9)14-15(21-19-16(14)17)12-8-18-10(2)7-13(12)20/h3-8H,1-2H3,(H2,17,19)(H,18,20). The fraction of sp³-hybridized carbons (Fsp3) is 0.125. The number of rotatable bonds is 2. The summed E-state index contributed by atoms with van der Waals surface area (Å²) < 4.78 is 5.32. The molecule has 0 radical (unpaired) electrons. The topological polar surface area (TPSA) is 84.9 Å². The van der Waals surface area contributed by atoms with Gasteiger partial charge in [-0.1, -0.05) is 29.4 Å². The lowest BCUT2D eigenvalue weighted by atomic mass is 9.98. The quantitative estimate of drug-likeness (QED) is 0.756. The Morgan fingerprint density at radius 1 is 1.19 bits per heavy atom. The summed E-state index contributed by atoms with van der Waals surface area (Å²) in [6, 6.07) is 9.30. The molecule has 0 bridgehead atoms. The van der Waals surface area contributed by atoms with Crippen LogP contribution in [-0.2, 0) is 0 Å². The molecule has 0 saturated carbocycles. The molecule has 0 aliphatic heterocycles. The molecule has 3 N–H and O–H groups in total. The minimum absolute atomic E-state index is 0.128. The Morgan fingerprint density at radius 2 is 1.95 bits per heavy atom. The summed E-state index contributed by atoms with van der Waals surface area (Å²) in [6.45, 7) is 3.80. The number of nitrogen functional groups attached to an aromatic ring is 1. The van der Waals surface area contributed by atoms with Gasteiger partial charge in [-0.05, 0) is 25.0 Å². The average molecular weight is 281 g/mol. The van der Waals surface area contributed by atoms with Gasteiger partial charge in [0.05, 0.1) is 11.1 Å². The number of hydrogen-bond acceptors (Lipinski definition) is 4. The highest BCUT2D eigenvalue weighted by atomic mass is 16.5. The van der Waals surface area contributed by atoms with Crippen LogP contribution in [0.15, 0.2) is 45.8 Å². The summed E-state index contributed by atoms with van der Waals surface area (Å²) in [5.41, 5.74) is 9.62. The van der Waals surface area contributed by atoms with E-state index in [1.54, 1.807) is 6.20 Å². The van der Waals surface area contributed by atoms with Crippen LogP contribution in [0.3, 0.4) is 0 Å². The number of aryl methyl sites for hydroxylation is 2. The van der Waals surface area contributed by atoms with Gasteiger partial charge in [0.15, 0.2) is 17.0 Å². The molecule has 21 heavy (non-hydrogen) atoms. The lowest BCUT2D eigenvalue weighted by molar-refractivity contribution is 0.435. The predicted molar refractivity (Wildman–Crippen MR) is 81.9 cm³/mol. The zero-order chi connectivity index (χ0) is 15.0. The van der Waals surface area contributed by atoms with Crippen LogP contribution in [0, 0.1) is 13.8 Å². The molecule has 0 fully saturated rings. The number of aromatic nitrogens is 2. The van der Waals surface area contributed by atoms with Crippen molar-refractivity contribution >= 4 is 5.82 Å². The number of hydrogen-bond donors (Lipinski definition) is 2. The summed E-state index contributed by atoms with van der Waals surface area (Å²) in [6.07, 6.45) is 1.62. The molecule has 0 saturated heterocycles. The number of H-pyrrole nitrogens is 1. The van der Waals surface area contributed by atoms with Crippen LogP contribution >= 0.6 is 0 Å². The van der Waals surface area contributed by atoms with Crippen LogP contribution < -0.4 is 11.2 Å². The SMILES string of the molecule is Cc1cc(=O)c(-c2onc(N)c2-c2ccccc2C)c[nH]1. The van der Waals surface area contributed by atoms with Crippen molar-refractivity contribution in [1.82, 2.24) is 10.1 Å². The van der Waals surface area contributed by atoms with Crippen LogP contribution in [0.1, 0.15) is 11.3 Å². The van der Waals surface area contributed by atoms with Gasteiger partial charge in [-0.15, -0.1) is 0 Å². The summed E-state index contributed by atoms with van der Waals surface area (Å²) >= 11 is 0. The second-order valence-electron chi connectivity index (χ2n) is 4.98. The van der Waals surface area contributed by atoms with Crippen molar-refractivity contribution in [3.05, 3.63) is 58.0 Å². The molecule has 2 aromatic heterocycles. The van der Waals surface area contributed by atoms with Gasteiger partial charge in [-0.2, -0.15) is 0 Å². The van der Waals surface area contributed by atoms with E-state index in [-0.39, 0.29) is 11.2 Å². The molecule has 1 aromatic carbocycles. The molecule has 5 heteroatoms.